The molecule has 0 aliphatic heterocycles. The Bertz CT molecular complexity index is 909. The molecule has 0 saturated carbocycles. The molecule has 1 N–H and O–H groups in total. The number of likely N-dealkylation sites (N-methyl/N-ethyl adjacent to an activating group) is 1. The quantitative estimate of drug-likeness (QED) is 0.698. The second kappa shape index (κ2) is 8.60. The predicted molar refractivity (Wildman–Crippen MR) is 107 cm³/mol. The largest absolute Gasteiger partial charge is 0.481 e. The summed E-state index contributed by atoms with van der Waals surface area (Å²) in [5, 5.41) is 2.86. The Labute approximate surface area is 159 Å². The van der Waals surface area contributed by atoms with Gasteiger partial charge in [0.25, 0.3) is 5.91 Å². The molecule has 0 fully saturated rings. The van der Waals surface area contributed by atoms with Crippen LogP contribution in [0.5, 0.6) is 5.75 Å². The number of hydrogen-bond donors (Lipinski definition) is 1. The van der Waals surface area contributed by atoms with Crippen LogP contribution in [0.4, 0.5) is 0 Å². The van der Waals surface area contributed by atoms with E-state index < -0.39 is 6.10 Å². The normalized spacial score (nSPS) is 12.1. The predicted octanol–water partition coefficient (Wildman–Crippen LogP) is 2.74. The summed E-state index contributed by atoms with van der Waals surface area (Å²) in [5.41, 5.74) is 3.48. The minimum atomic E-state index is -0.557. The number of carbonyl (C=O) groups excluding carboxylic acids is 1. The molecule has 1 aromatic heterocycles. The monoisotopic (exact) mass is 364 g/mol. The van der Waals surface area contributed by atoms with Crippen LogP contribution in [0.3, 0.4) is 0 Å². The number of carbonyl (C=O) groups is 1. The van der Waals surface area contributed by atoms with E-state index >= 15 is 0 Å². The molecule has 0 unspecified atom stereocenters. The summed E-state index contributed by atoms with van der Waals surface area (Å²) in [6.45, 7) is 3.13. The van der Waals surface area contributed by atoms with Crippen LogP contribution < -0.4 is 10.1 Å². The third kappa shape index (κ3) is 5.01. The molecule has 0 aliphatic carbocycles. The molecule has 140 valence electrons. The highest BCUT2D eigenvalue weighted by Crippen LogP contribution is 2.22. The lowest BCUT2D eigenvalue weighted by molar-refractivity contribution is -0.127. The third-order valence-electron chi connectivity index (χ3n) is 4.14. The fourth-order valence-electron chi connectivity index (χ4n) is 2.60. The van der Waals surface area contributed by atoms with E-state index in [-0.39, 0.29) is 5.91 Å². The molecule has 0 bridgehead atoms. The topological polar surface area (TPSA) is 67.3 Å². The number of nitrogens with zero attached hydrogens (tertiary/aromatic N) is 3. The van der Waals surface area contributed by atoms with Gasteiger partial charge in [-0.15, -0.1) is 0 Å². The van der Waals surface area contributed by atoms with E-state index in [1.165, 1.54) is 0 Å². The van der Waals surface area contributed by atoms with Crippen molar-refractivity contribution in [1.29, 1.82) is 0 Å². The number of nitrogens with one attached hydrogen (secondary N) is 1. The number of amides is 1. The number of aromatic nitrogens is 2. The van der Waals surface area contributed by atoms with Crippen molar-refractivity contribution >= 4 is 16.9 Å². The van der Waals surface area contributed by atoms with Crippen molar-refractivity contribution in [2.75, 3.05) is 27.2 Å². The van der Waals surface area contributed by atoms with Gasteiger partial charge in [0, 0.05) is 18.7 Å². The molecular weight excluding hydrogens is 340 g/mol. The van der Waals surface area contributed by atoms with Crippen molar-refractivity contribution in [2.45, 2.75) is 13.0 Å². The van der Waals surface area contributed by atoms with E-state index in [0.717, 1.165) is 28.8 Å². The number of fused-ring (bicyclic) bond motifs is 1. The SMILES string of the molecule is C[C@H](Oc1ccc(-c2cnc3ccccc3n2)cc1)C(=O)NCCN(C)C. The van der Waals surface area contributed by atoms with Crippen LogP contribution in [0, 0.1) is 0 Å². The van der Waals surface area contributed by atoms with Crippen LogP contribution in [-0.2, 0) is 4.79 Å². The molecule has 3 aromatic rings. The molecule has 1 atom stereocenters. The Hall–Kier alpha value is -2.99. The van der Waals surface area contributed by atoms with Crippen LogP contribution in [0.15, 0.2) is 54.7 Å². The fraction of sp³-hybridized carbons (Fsp3) is 0.286. The van der Waals surface area contributed by atoms with Crippen LogP contribution in [0.25, 0.3) is 22.3 Å². The molecule has 27 heavy (non-hydrogen) atoms. The first kappa shape index (κ1) is 18.8. The van der Waals surface area contributed by atoms with E-state index in [4.69, 9.17) is 4.74 Å². The summed E-state index contributed by atoms with van der Waals surface area (Å²) in [6.07, 6.45) is 1.21. The number of ether oxygens (including phenoxy) is 1. The van der Waals surface area contributed by atoms with Gasteiger partial charge in [0.1, 0.15) is 5.75 Å². The maximum absolute atomic E-state index is 12.1. The summed E-state index contributed by atoms with van der Waals surface area (Å²) in [6, 6.07) is 15.3. The smallest absolute Gasteiger partial charge is 0.260 e. The number of hydrogen-bond acceptors (Lipinski definition) is 5. The van der Waals surface area contributed by atoms with Crippen molar-refractivity contribution in [2.24, 2.45) is 0 Å². The highest BCUT2D eigenvalue weighted by atomic mass is 16.5. The highest BCUT2D eigenvalue weighted by molar-refractivity contribution is 5.80. The van der Waals surface area contributed by atoms with E-state index in [2.05, 4.69) is 15.3 Å². The number of rotatable bonds is 7. The van der Waals surface area contributed by atoms with Crippen LogP contribution in [0.2, 0.25) is 0 Å². The maximum Gasteiger partial charge on any atom is 0.260 e. The van der Waals surface area contributed by atoms with Gasteiger partial charge < -0.3 is 15.0 Å². The van der Waals surface area contributed by atoms with Gasteiger partial charge in [0.05, 0.1) is 22.9 Å². The minimum Gasteiger partial charge on any atom is -0.481 e. The first-order chi connectivity index (χ1) is 13.0. The van der Waals surface area contributed by atoms with Crippen LogP contribution >= 0.6 is 0 Å². The maximum atomic E-state index is 12.1. The van der Waals surface area contributed by atoms with Gasteiger partial charge in [-0.1, -0.05) is 12.1 Å². The standard InChI is InChI=1S/C21H24N4O2/c1-15(21(26)22-12-13-25(2)3)27-17-10-8-16(9-11-17)20-14-23-18-6-4-5-7-19(18)24-20/h4-11,14-15H,12-13H2,1-3H3,(H,22,26)/t15-/m0/s1. The van der Waals surface area contributed by atoms with E-state index in [1.54, 1.807) is 13.1 Å². The van der Waals surface area contributed by atoms with Crippen molar-refractivity contribution in [3.8, 4) is 17.0 Å². The molecule has 0 saturated heterocycles. The lowest BCUT2D eigenvalue weighted by atomic mass is 10.1. The Morgan fingerprint density at radius 3 is 2.52 bits per heavy atom. The molecule has 3 rings (SSSR count). The molecule has 0 aliphatic rings. The lowest BCUT2D eigenvalue weighted by Crippen LogP contribution is -2.39. The van der Waals surface area contributed by atoms with Crippen molar-refractivity contribution in [3.05, 3.63) is 54.7 Å². The molecule has 6 nitrogen and oxygen atoms in total. The van der Waals surface area contributed by atoms with Crippen LogP contribution in [-0.4, -0.2) is 54.1 Å². The Morgan fingerprint density at radius 1 is 1.11 bits per heavy atom. The summed E-state index contributed by atoms with van der Waals surface area (Å²) in [4.78, 5) is 23.2. The van der Waals surface area contributed by atoms with E-state index in [9.17, 15) is 4.79 Å². The van der Waals surface area contributed by atoms with Gasteiger partial charge in [-0.25, -0.2) is 4.98 Å². The summed E-state index contributed by atoms with van der Waals surface area (Å²) in [5.74, 6) is 0.518. The average molecular weight is 364 g/mol. The molecule has 1 heterocycles. The van der Waals surface area contributed by atoms with Gasteiger partial charge in [0.15, 0.2) is 6.10 Å². The summed E-state index contributed by atoms with van der Waals surface area (Å²) < 4.78 is 5.73. The minimum absolute atomic E-state index is 0.124. The first-order valence-corrected chi connectivity index (χ1v) is 8.94. The van der Waals surface area contributed by atoms with Crippen LogP contribution in [0.1, 0.15) is 6.92 Å². The first-order valence-electron chi connectivity index (χ1n) is 8.94. The van der Waals surface area contributed by atoms with Gasteiger partial charge in [-0.05, 0) is 57.4 Å². The van der Waals surface area contributed by atoms with Crippen molar-refractivity contribution in [1.82, 2.24) is 20.2 Å². The molecule has 1 amide bonds. The molecule has 2 aromatic carbocycles. The average Bonchev–Trinajstić information content (AvgIpc) is 2.67. The van der Waals surface area contributed by atoms with Gasteiger partial charge in [-0.3, -0.25) is 9.78 Å². The zero-order chi connectivity index (χ0) is 19.2. The Morgan fingerprint density at radius 2 is 1.81 bits per heavy atom. The second-order valence-corrected chi connectivity index (χ2v) is 6.62. The Balaban J connectivity index is 1.63. The van der Waals surface area contributed by atoms with Gasteiger partial charge >= 0.3 is 0 Å². The van der Waals surface area contributed by atoms with E-state index in [0.29, 0.717) is 12.3 Å². The number of para-hydroxylation sites is 2. The number of benzene rings is 2. The van der Waals surface area contributed by atoms with Gasteiger partial charge in [0.2, 0.25) is 0 Å². The molecule has 0 radical (unpaired) electrons. The fourth-order valence-corrected chi connectivity index (χ4v) is 2.60. The highest BCUT2D eigenvalue weighted by Gasteiger charge is 2.14. The zero-order valence-corrected chi connectivity index (χ0v) is 15.8. The second-order valence-electron chi connectivity index (χ2n) is 6.62. The van der Waals surface area contributed by atoms with Crippen molar-refractivity contribution in [3.63, 3.8) is 0 Å². The molecule has 6 heteroatoms. The molecular formula is C21H24N4O2. The van der Waals surface area contributed by atoms with Gasteiger partial charge in [-0.2, -0.15) is 0 Å². The Kier molecular flexibility index (Phi) is 5.98. The zero-order valence-electron chi connectivity index (χ0n) is 15.8. The summed E-state index contributed by atoms with van der Waals surface area (Å²) in [7, 11) is 3.93. The third-order valence-corrected chi connectivity index (χ3v) is 4.14. The summed E-state index contributed by atoms with van der Waals surface area (Å²) >= 11 is 0. The van der Waals surface area contributed by atoms with E-state index in [1.807, 2.05) is 67.5 Å². The van der Waals surface area contributed by atoms with Crippen molar-refractivity contribution < 1.29 is 9.53 Å². The lowest BCUT2D eigenvalue weighted by Gasteiger charge is -2.16. The molecule has 0 spiro atoms.